The van der Waals surface area contributed by atoms with Gasteiger partial charge in [0.25, 0.3) is 0 Å². The molecule has 0 amide bonds. The van der Waals surface area contributed by atoms with Crippen molar-refractivity contribution in [1.82, 2.24) is 5.32 Å². The highest BCUT2D eigenvalue weighted by atomic mass is 32.1. The van der Waals surface area contributed by atoms with E-state index in [2.05, 4.69) is 42.6 Å². The molecule has 0 spiro atoms. The lowest BCUT2D eigenvalue weighted by Crippen LogP contribution is -2.23. The summed E-state index contributed by atoms with van der Waals surface area (Å²) >= 11 is 1.90. The van der Waals surface area contributed by atoms with Crippen LogP contribution in [0.25, 0.3) is 10.1 Å². The molecule has 1 N–H and O–H groups in total. The van der Waals surface area contributed by atoms with Crippen LogP contribution >= 0.6 is 11.3 Å². The molecule has 1 aromatic carbocycles. The first-order chi connectivity index (χ1) is 8.31. The fourth-order valence-electron chi connectivity index (χ4n) is 1.84. The topological polar surface area (TPSA) is 21.3 Å². The minimum absolute atomic E-state index is 0.559. The van der Waals surface area contributed by atoms with Gasteiger partial charge in [-0.25, -0.2) is 0 Å². The van der Waals surface area contributed by atoms with Gasteiger partial charge in [0.05, 0.1) is 6.61 Å². The highest BCUT2D eigenvalue weighted by Gasteiger charge is 2.08. The van der Waals surface area contributed by atoms with E-state index in [0.29, 0.717) is 5.92 Å². The number of hydrogen-bond acceptors (Lipinski definition) is 3. The second kappa shape index (κ2) is 6.15. The average molecular weight is 249 g/mol. The van der Waals surface area contributed by atoms with Crippen LogP contribution in [0.2, 0.25) is 0 Å². The lowest BCUT2D eigenvalue weighted by atomic mass is 10.1. The number of methoxy groups -OCH3 is 1. The number of rotatable bonds is 6. The molecule has 0 saturated carbocycles. The zero-order chi connectivity index (χ0) is 12.1. The molecule has 1 aromatic heterocycles. The lowest BCUT2D eigenvalue weighted by molar-refractivity contribution is 0.199. The smallest absolute Gasteiger partial charge is 0.0587 e. The van der Waals surface area contributed by atoms with Crippen molar-refractivity contribution in [2.45, 2.75) is 12.8 Å². The summed E-state index contributed by atoms with van der Waals surface area (Å²) in [7, 11) is 1.73. The van der Waals surface area contributed by atoms with Crippen molar-refractivity contribution in [3.05, 3.63) is 35.2 Å². The standard InChI is InChI=1S/C14H19NOS/c1-11(10-15-7-8-16-2)14-9-12-5-3-4-6-13(12)17-14/h3-6,9,11,15H,7-8,10H2,1-2H3. The number of thiophene rings is 1. The Balaban J connectivity index is 1.96. The molecule has 1 atom stereocenters. The molecule has 1 heterocycles. The van der Waals surface area contributed by atoms with Gasteiger partial charge in [0.1, 0.15) is 0 Å². The Morgan fingerprint density at radius 2 is 2.18 bits per heavy atom. The number of fused-ring (bicyclic) bond motifs is 1. The van der Waals surface area contributed by atoms with Crippen LogP contribution in [0.15, 0.2) is 30.3 Å². The molecule has 0 bridgehead atoms. The van der Waals surface area contributed by atoms with Crippen LogP contribution < -0.4 is 5.32 Å². The van der Waals surface area contributed by atoms with Gasteiger partial charge < -0.3 is 10.1 Å². The van der Waals surface area contributed by atoms with Crippen molar-refractivity contribution in [1.29, 1.82) is 0 Å². The molecule has 2 rings (SSSR count). The van der Waals surface area contributed by atoms with Crippen LogP contribution in [0.4, 0.5) is 0 Å². The third-order valence-electron chi connectivity index (χ3n) is 2.86. The Kier molecular flexibility index (Phi) is 4.54. The molecule has 0 saturated heterocycles. The normalized spacial score (nSPS) is 13.1. The Morgan fingerprint density at radius 1 is 1.35 bits per heavy atom. The van der Waals surface area contributed by atoms with Crippen molar-refractivity contribution in [2.24, 2.45) is 0 Å². The summed E-state index contributed by atoms with van der Waals surface area (Å²) in [5.41, 5.74) is 0. The van der Waals surface area contributed by atoms with Crippen LogP contribution in [-0.4, -0.2) is 26.8 Å². The molecule has 2 aromatic rings. The van der Waals surface area contributed by atoms with E-state index in [1.54, 1.807) is 7.11 Å². The minimum Gasteiger partial charge on any atom is -0.383 e. The van der Waals surface area contributed by atoms with Crippen LogP contribution in [0.5, 0.6) is 0 Å². The van der Waals surface area contributed by atoms with Gasteiger partial charge >= 0.3 is 0 Å². The third kappa shape index (κ3) is 3.28. The van der Waals surface area contributed by atoms with E-state index in [9.17, 15) is 0 Å². The SMILES string of the molecule is COCCNCC(C)c1cc2ccccc2s1. The minimum atomic E-state index is 0.559. The summed E-state index contributed by atoms with van der Waals surface area (Å²) in [5, 5.41) is 4.77. The van der Waals surface area contributed by atoms with E-state index >= 15 is 0 Å². The molecule has 1 unspecified atom stereocenters. The molecule has 0 fully saturated rings. The van der Waals surface area contributed by atoms with E-state index < -0.39 is 0 Å². The fourth-order valence-corrected chi connectivity index (χ4v) is 2.95. The highest BCUT2D eigenvalue weighted by molar-refractivity contribution is 7.19. The summed E-state index contributed by atoms with van der Waals surface area (Å²) in [6.07, 6.45) is 0. The zero-order valence-electron chi connectivity index (χ0n) is 10.4. The monoisotopic (exact) mass is 249 g/mol. The van der Waals surface area contributed by atoms with Gasteiger partial charge in [0.2, 0.25) is 0 Å². The largest absolute Gasteiger partial charge is 0.383 e. The van der Waals surface area contributed by atoms with Crippen LogP contribution in [0.3, 0.4) is 0 Å². The molecule has 2 nitrogen and oxygen atoms in total. The quantitative estimate of drug-likeness (QED) is 0.794. The van der Waals surface area contributed by atoms with Gasteiger partial charge in [-0.05, 0) is 17.5 Å². The van der Waals surface area contributed by atoms with Crippen molar-refractivity contribution >= 4 is 21.4 Å². The number of benzene rings is 1. The van der Waals surface area contributed by atoms with Crippen molar-refractivity contribution in [3.63, 3.8) is 0 Å². The molecule has 0 aliphatic carbocycles. The molecular formula is C14H19NOS. The summed E-state index contributed by atoms with van der Waals surface area (Å²) in [6, 6.07) is 10.9. The molecule has 0 radical (unpaired) electrons. The summed E-state index contributed by atoms with van der Waals surface area (Å²) in [6.45, 7) is 4.98. The molecule has 3 heteroatoms. The molecule has 0 aliphatic rings. The van der Waals surface area contributed by atoms with Gasteiger partial charge in [-0.2, -0.15) is 0 Å². The summed E-state index contributed by atoms with van der Waals surface area (Å²) < 4.78 is 6.40. The first kappa shape index (κ1) is 12.6. The van der Waals surface area contributed by atoms with E-state index in [1.807, 2.05) is 11.3 Å². The van der Waals surface area contributed by atoms with E-state index in [-0.39, 0.29) is 0 Å². The molecule has 0 aliphatic heterocycles. The van der Waals surface area contributed by atoms with Crippen molar-refractivity contribution < 1.29 is 4.74 Å². The Labute approximate surface area is 107 Å². The predicted molar refractivity (Wildman–Crippen MR) is 75.0 cm³/mol. The van der Waals surface area contributed by atoms with Gasteiger partial charge in [-0.1, -0.05) is 25.1 Å². The van der Waals surface area contributed by atoms with Gasteiger partial charge in [-0.15, -0.1) is 11.3 Å². The van der Waals surface area contributed by atoms with Crippen LogP contribution in [0.1, 0.15) is 17.7 Å². The van der Waals surface area contributed by atoms with Crippen molar-refractivity contribution in [2.75, 3.05) is 26.8 Å². The second-order valence-corrected chi connectivity index (χ2v) is 5.40. The maximum absolute atomic E-state index is 5.02. The fraction of sp³-hybridized carbons (Fsp3) is 0.429. The molecular weight excluding hydrogens is 230 g/mol. The Morgan fingerprint density at radius 3 is 2.94 bits per heavy atom. The maximum atomic E-state index is 5.02. The lowest BCUT2D eigenvalue weighted by Gasteiger charge is -2.10. The average Bonchev–Trinajstić information content (AvgIpc) is 2.78. The number of nitrogens with one attached hydrogen (secondary N) is 1. The Hall–Kier alpha value is -0.900. The summed E-state index contributed by atoms with van der Waals surface area (Å²) in [5.74, 6) is 0.559. The van der Waals surface area contributed by atoms with Crippen LogP contribution in [0, 0.1) is 0 Å². The van der Waals surface area contributed by atoms with E-state index in [1.165, 1.54) is 15.0 Å². The number of ether oxygens (including phenoxy) is 1. The van der Waals surface area contributed by atoms with Crippen LogP contribution in [-0.2, 0) is 4.74 Å². The third-order valence-corrected chi connectivity index (χ3v) is 4.21. The summed E-state index contributed by atoms with van der Waals surface area (Å²) in [4.78, 5) is 1.45. The second-order valence-electron chi connectivity index (χ2n) is 4.28. The van der Waals surface area contributed by atoms with Crippen molar-refractivity contribution in [3.8, 4) is 0 Å². The first-order valence-electron chi connectivity index (χ1n) is 5.99. The predicted octanol–water partition coefficient (Wildman–Crippen LogP) is 3.24. The maximum Gasteiger partial charge on any atom is 0.0587 e. The molecule has 17 heavy (non-hydrogen) atoms. The first-order valence-corrected chi connectivity index (χ1v) is 6.81. The van der Waals surface area contributed by atoms with Gasteiger partial charge in [0, 0.05) is 35.7 Å². The van der Waals surface area contributed by atoms with E-state index in [4.69, 9.17) is 4.74 Å². The number of hydrogen-bond donors (Lipinski definition) is 1. The van der Waals surface area contributed by atoms with Gasteiger partial charge in [0.15, 0.2) is 0 Å². The highest BCUT2D eigenvalue weighted by Crippen LogP contribution is 2.30. The zero-order valence-corrected chi connectivity index (χ0v) is 11.2. The Bertz CT molecular complexity index is 433. The van der Waals surface area contributed by atoms with Gasteiger partial charge in [-0.3, -0.25) is 0 Å². The molecule has 92 valence electrons. The van der Waals surface area contributed by atoms with E-state index in [0.717, 1.165) is 19.7 Å².